The zero-order valence-corrected chi connectivity index (χ0v) is 8.84. The number of ketones is 1. The normalized spacial score (nSPS) is 10.1. The van der Waals surface area contributed by atoms with Gasteiger partial charge in [0.15, 0.2) is 5.76 Å². The standard InChI is InChI=1S/C12H11NO3/c1-15-12-5-4-9(8-13-12)7-10(14)11-3-2-6-16-11/h2-6,8H,7H2,1H3. The van der Waals surface area contributed by atoms with E-state index in [1.165, 1.54) is 6.26 Å². The van der Waals surface area contributed by atoms with Crippen LogP contribution in [0.25, 0.3) is 0 Å². The second-order valence-electron chi connectivity index (χ2n) is 3.29. The SMILES string of the molecule is COc1ccc(CC(=O)c2ccco2)cn1. The van der Waals surface area contributed by atoms with Gasteiger partial charge < -0.3 is 9.15 Å². The Morgan fingerprint density at radius 2 is 2.31 bits per heavy atom. The van der Waals surface area contributed by atoms with Gasteiger partial charge in [0.05, 0.1) is 13.4 Å². The number of Topliss-reactive ketones (excluding diaryl/α,β-unsaturated/α-hetero) is 1. The minimum atomic E-state index is -0.0584. The lowest BCUT2D eigenvalue weighted by molar-refractivity contribution is 0.0966. The van der Waals surface area contributed by atoms with Gasteiger partial charge in [-0.1, -0.05) is 6.07 Å². The largest absolute Gasteiger partial charge is 0.481 e. The summed E-state index contributed by atoms with van der Waals surface area (Å²) >= 11 is 0. The molecule has 0 bridgehead atoms. The summed E-state index contributed by atoms with van der Waals surface area (Å²) in [5.41, 5.74) is 0.835. The van der Waals surface area contributed by atoms with Crippen LogP contribution >= 0.6 is 0 Å². The molecule has 0 amide bonds. The average molecular weight is 217 g/mol. The minimum absolute atomic E-state index is 0.0584. The Kier molecular flexibility index (Phi) is 3.00. The smallest absolute Gasteiger partial charge is 0.212 e. The molecule has 0 saturated carbocycles. The average Bonchev–Trinajstić information content (AvgIpc) is 2.83. The molecule has 2 rings (SSSR count). The molecule has 2 heterocycles. The van der Waals surface area contributed by atoms with Crippen molar-refractivity contribution in [3.63, 3.8) is 0 Å². The first kappa shape index (κ1) is 10.4. The van der Waals surface area contributed by atoms with E-state index in [-0.39, 0.29) is 12.2 Å². The van der Waals surface area contributed by atoms with Gasteiger partial charge in [0.2, 0.25) is 11.7 Å². The van der Waals surface area contributed by atoms with Crippen LogP contribution in [0, 0.1) is 0 Å². The monoisotopic (exact) mass is 217 g/mol. The quantitative estimate of drug-likeness (QED) is 0.736. The highest BCUT2D eigenvalue weighted by Gasteiger charge is 2.09. The molecule has 0 N–H and O–H groups in total. The highest BCUT2D eigenvalue weighted by Crippen LogP contribution is 2.10. The van der Waals surface area contributed by atoms with E-state index in [1.807, 2.05) is 6.07 Å². The van der Waals surface area contributed by atoms with Crippen molar-refractivity contribution in [3.05, 3.63) is 48.0 Å². The lowest BCUT2D eigenvalue weighted by Gasteiger charge is -2.00. The van der Waals surface area contributed by atoms with Crippen molar-refractivity contribution in [2.45, 2.75) is 6.42 Å². The Morgan fingerprint density at radius 1 is 1.44 bits per heavy atom. The first-order valence-corrected chi connectivity index (χ1v) is 4.85. The van der Waals surface area contributed by atoms with E-state index in [9.17, 15) is 4.79 Å². The molecule has 4 nitrogen and oxygen atoms in total. The van der Waals surface area contributed by atoms with Crippen molar-refractivity contribution in [2.24, 2.45) is 0 Å². The Morgan fingerprint density at radius 3 is 2.88 bits per heavy atom. The predicted octanol–water partition coefficient (Wildman–Crippen LogP) is 2.11. The number of carbonyl (C=O) groups is 1. The lowest BCUT2D eigenvalue weighted by atomic mass is 10.1. The molecule has 0 aromatic carbocycles. The maximum absolute atomic E-state index is 11.7. The Balaban J connectivity index is 2.06. The van der Waals surface area contributed by atoms with Crippen molar-refractivity contribution in [3.8, 4) is 5.88 Å². The van der Waals surface area contributed by atoms with Gasteiger partial charge in [-0.3, -0.25) is 4.79 Å². The fraction of sp³-hybridized carbons (Fsp3) is 0.167. The molecule has 0 saturated heterocycles. The van der Waals surface area contributed by atoms with Gasteiger partial charge in [-0.05, 0) is 17.7 Å². The summed E-state index contributed by atoms with van der Waals surface area (Å²) < 4.78 is 9.95. The van der Waals surface area contributed by atoms with Crippen LogP contribution in [-0.4, -0.2) is 17.9 Å². The Hall–Kier alpha value is -2.10. The summed E-state index contributed by atoms with van der Waals surface area (Å²) in [7, 11) is 1.55. The Bertz CT molecular complexity index is 460. The molecule has 0 atom stereocenters. The van der Waals surface area contributed by atoms with Gasteiger partial charge in [-0.25, -0.2) is 4.98 Å². The minimum Gasteiger partial charge on any atom is -0.481 e. The summed E-state index contributed by atoms with van der Waals surface area (Å²) in [4.78, 5) is 15.7. The zero-order valence-electron chi connectivity index (χ0n) is 8.84. The third-order valence-electron chi connectivity index (χ3n) is 2.17. The molecule has 0 unspecified atom stereocenters. The van der Waals surface area contributed by atoms with E-state index in [0.717, 1.165) is 5.56 Å². The van der Waals surface area contributed by atoms with Crippen LogP contribution in [0.5, 0.6) is 5.88 Å². The summed E-state index contributed by atoms with van der Waals surface area (Å²) in [6.45, 7) is 0. The number of ether oxygens (including phenoxy) is 1. The zero-order chi connectivity index (χ0) is 11.4. The second-order valence-corrected chi connectivity index (χ2v) is 3.29. The number of aromatic nitrogens is 1. The third-order valence-corrected chi connectivity index (χ3v) is 2.17. The number of furan rings is 1. The van der Waals surface area contributed by atoms with E-state index in [0.29, 0.717) is 11.6 Å². The molecule has 0 radical (unpaired) electrons. The van der Waals surface area contributed by atoms with Crippen LogP contribution in [0.3, 0.4) is 0 Å². The summed E-state index contributed by atoms with van der Waals surface area (Å²) in [5.74, 6) is 0.849. The van der Waals surface area contributed by atoms with Gasteiger partial charge in [0.1, 0.15) is 0 Å². The van der Waals surface area contributed by atoms with Crippen LogP contribution in [0.4, 0.5) is 0 Å². The van der Waals surface area contributed by atoms with Crippen molar-refractivity contribution in [2.75, 3.05) is 7.11 Å². The van der Waals surface area contributed by atoms with E-state index < -0.39 is 0 Å². The van der Waals surface area contributed by atoms with Gasteiger partial charge in [0.25, 0.3) is 0 Å². The summed E-state index contributed by atoms with van der Waals surface area (Å²) in [5, 5.41) is 0. The maximum Gasteiger partial charge on any atom is 0.212 e. The van der Waals surface area contributed by atoms with Gasteiger partial charge >= 0.3 is 0 Å². The van der Waals surface area contributed by atoms with E-state index in [4.69, 9.17) is 9.15 Å². The number of pyridine rings is 1. The molecule has 16 heavy (non-hydrogen) atoms. The van der Waals surface area contributed by atoms with Crippen molar-refractivity contribution in [1.82, 2.24) is 4.98 Å². The first-order valence-electron chi connectivity index (χ1n) is 4.85. The summed E-state index contributed by atoms with van der Waals surface area (Å²) in [6, 6.07) is 6.89. The molecule has 2 aromatic heterocycles. The van der Waals surface area contributed by atoms with E-state index in [1.54, 1.807) is 31.5 Å². The van der Waals surface area contributed by atoms with Crippen molar-refractivity contribution >= 4 is 5.78 Å². The van der Waals surface area contributed by atoms with Crippen LogP contribution in [0.1, 0.15) is 16.1 Å². The molecule has 0 aliphatic carbocycles. The molecule has 0 aliphatic heterocycles. The van der Waals surface area contributed by atoms with Crippen molar-refractivity contribution in [1.29, 1.82) is 0 Å². The number of rotatable bonds is 4. The molecule has 0 fully saturated rings. The highest BCUT2D eigenvalue weighted by atomic mass is 16.5. The first-order chi connectivity index (χ1) is 7.79. The van der Waals surface area contributed by atoms with Crippen molar-refractivity contribution < 1.29 is 13.9 Å². The lowest BCUT2D eigenvalue weighted by Crippen LogP contribution is -2.02. The number of carbonyl (C=O) groups excluding carboxylic acids is 1. The molecule has 4 heteroatoms. The van der Waals surface area contributed by atoms with Crippen LogP contribution in [0.2, 0.25) is 0 Å². The van der Waals surface area contributed by atoms with E-state index in [2.05, 4.69) is 4.98 Å². The fourth-order valence-corrected chi connectivity index (χ4v) is 1.35. The molecule has 2 aromatic rings. The molecule has 0 spiro atoms. The van der Waals surface area contributed by atoms with E-state index >= 15 is 0 Å². The number of hydrogen-bond acceptors (Lipinski definition) is 4. The predicted molar refractivity (Wildman–Crippen MR) is 57.5 cm³/mol. The van der Waals surface area contributed by atoms with Gasteiger partial charge in [-0.15, -0.1) is 0 Å². The molecular formula is C12H11NO3. The second kappa shape index (κ2) is 4.61. The van der Waals surface area contributed by atoms with Crippen LogP contribution < -0.4 is 4.74 Å². The Labute approximate surface area is 92.9 Å². The molecular weight excluding hydrogens is 206 g/mol. The third kappa shape index (κ3) is 2.28. The van der Waals surface area contributed by atoms with Gasteiger partial charge in [-0.2, -0.15) is 0 Å². The number of methoxy groups -OCH3 is 1. The highest BCUT2D eigenvalue weighted by molar-refractivity contribution is 5.94. The van der Waals surface area contributed by atoms with Gasteiger partial charge in [0, 0.05) is 18.7 Å². The fourth-order valence-electron chi connectivity index (χ4n) is 1.35. The number of nitrogens with zero attached hydrogens (tertiary/aromatic N) is 1. The van der Waals surface area contributed by atoms with Crippen LogP contribution in [0.15, 0.2) is 41.1 Å². The maximum atomic E-state index is 11.7. The number of hydrogen-bond donors (Lipinski definition) is 0. The van der Waals surface area contributed by atoms with Crippen LogP contribution in [-0.2, 0) is 6.42 Å². The molecule has 82 valence electrons. The molecule has 0 aliphatic rings. The summed E-state index contributed by atoms with van der Waals surface area (Å²) in [6.07, 6.45) is 3.39. The topological polar surface area (TPSA) is 52.3 Å².